The predicted octanol–water partition coefficient (Wildman–Crippen LogP) is 4.10. The van der Waals surface area contributed by atoms with Gasteiger partial charge in [0, 0.05) is 55.5 Å². The molecule has 2 aromatic carbocycles. The van der Waals surface area contributed by atoms with Crippen LogP contribution in [0.5, 0.6) is 0 Å². The van der Waals surface area contributed by atoms with Crippen LogP contribution < -0.4 is 5.32 Å². The minimum absolute atomic E-state index is 0.0367. The lowest BCUT2D eigenvalue weighted by molar-refractivity contribution is -0.139. The van der Waals surface area contributed by atoms with Gasteiger partial charge in [0.2, 0.25) is 0 Å². The Bertz CT molecular complexity index is 1250. The minimum atomic E-state index is -0.827. The first-order chi connectivity index (χ1) is 17.7. The summed E-state index contributed by atoms with van der Waals surface area (Å²) in [6.07, 6.45) is 0. The fourth-order valence-corrected chi connectivity index (χ4v) is 5.01. The highest BCUT2D eigenvalue weighted by Gasteiger charge is 2.38. The maximum atomic E-state index is 14.1. The molecule has 1 atom stereocenters. The molecule has 4 rings (SSSR count). The van der Waals surface area contributed by atoms with Crippen LogP contribution >= 0.6 is 23.2 Å². The molecule has 0 spiro atoms. The van der Waals surface area contributed by atoms with Crippen LogP contribution in [0.1, 0.15) is 28.9 Å². The van der Waals surface area contributed by atoms with Gasteiger partial charge in [-0.05, 0) is 36.8 Å². The lowest BCUT2D eigenvalue weighted by Crippen LogP contribution is -2.53. The number of urea groups is 1. The number of nitrogens with one attached hydrogen (secondary N) is 1. The Hall–Kier alpha value is -3.14. The van der Waals surface area contributed by atoms with Crippen molar-refractivity contribution in [3.8, 4) is 0 Å². The monoisotopic (exact) mass is 548 g/mol. The third-order valence-corrected chi connectivity index (χ3v) is 7.05. The van der Waals surface area contributed by atoms with Crippen molar-refractivity contribution in [3.05, 3.63) is 80.7 Å². The number of hydrogen-bond donors (Lipinski definition) is 1. The average Bonchev–Trinajstić information content (AvgIpc) is 2.87. The van der Waals surface area contributed by atoms with Gasteiger partial charge in [0.1, 0.15) is 5.82 Å². The molecule has 1 fully saturated rings. The van der Waals surface area contributed by atoms with E-state index in [4.69, 9.17) is 27.9 Å². The summed E-state index contributed by atoms with van der Waals surface area (Å²) in [5.41, 5.74) is 1.31. The van der Waals surface area contributed by atoms with Crippen LogP contribution in [-0.4, -0.2) is 79.0 Å². The standard InChI is InChI=1S/C26H27Cl2FN4O4/c1-3-37-25(35)22-21(31(2)26(36)30-23(22)17-9-8-16(27)14-19(17)28)15-32-10-12-33(13-11-32)24(34)18-6-4-5-7-20(18)29/h4-9,14,23H,3,10-13,15H2,1-2H3,(H,30,36). The Morgan fingerprint density at radius 3 is 2.46 bits per heavy atom. The number of amides is 3. The van der Waals surface area contributed by atoms with E-state index in [0.717, 1.165) is 0 Å². The highest BCUT2D eigenvalue weighted by atomic mass is 35.5. The molecule has 8 nitrogen and oxygen atoms in total. The molecule has 0 aliphatic carbocycles. The molecule has 3 amide bonds. The highest BCUT2D eigenvalue weighted by Crippen LogP contribution is 2.36. The number of esters is 1. The lowest BCUT2D eigenvalue weighted by Gasteiger charge is -2.39. The molecule has 0 aromatic heterocycles. The van der Waals surface area contributed by atoms with E-state index < -0.39 is 23.9 Å². The molecule has 0 saturated carbocycles. The van der Waals surface area contributed by atoms with E-state index in [9.17, 15) is 18.8 Å². The van der Waals surface area contributed by atoms with Crippen molar-refractivity contribution in [3.63, 3.8) is 0 Å². The predicted molar refractivity (Wildman–Crippen MR) is 138 cm³/mol. The van der Waals surface area contributed by atoms with E-state index in [1.807, 2.05) is 4.90 Å². The van der Waals surface area contributed by atoms with E-state index in [1.165, 1.54) is 17.0 Å². The number of carbonyl (C=O) groups excluding carboxylic acids is 3. The quantitative estimate of drug-likeness (QED) is 0.549. The lowest BCUT2D eigenvalue weighted by atomic mass is 9.94. The number of nitrogens with zero attached hydrogens (tertiary/aromatic N) is 3. The van der Waals surface area contributed by atoms with Crippen LogP contribution in [0.15, 0.2) is 53.7 Å². The molecule has 37 heavy (non-hydrogen) atoms. The van der Waals surface area contributed by atoms with E-state index in [2.05, 4.69) is 5.32 Å². The Balaban J connectivity index is 1.59. The van der Waals surface area contributed by atoms with Crippen LogP contribution in [0, 0.1) is 5.82 Å². The zero-order chi connectivity index (χ0) is 26.7. The molecular weight excluding hydrogens is 522 g/mol. The van der Waals surface area contributed by atoms with Crippen molar-refractivity contribution in [1.82, 2.24) is 20.0 Å². The average molecular weight is 549 g/mol. The molecular formula is C26H27Cl2FN4O4. The normalized spacial score (nSPS) is 18.6. The second kappa shape index (κ2) is 11.5. The first-order valence-electron chi connectivity index (χ1n) is 11.9. The fraction of sp³-hybridized carbons (Fsp3) is 0.346. The molecule has 2 aromatic rings. The second-order valence-corrected chi connectivity index (χ2v) is 9.58. The van der Waals surface area contributed by atoms with Gasteiger partial charge in [-0.1, -0.05) is 41.4 Å². The molecule has 1 N–H and O–H groups in total. The van der Waals surface area contributed by atoms with Crippen LogP contribution in [0.4, 0.5) is 9.18 Å². The van der Waals surface area contributed by atoms with Gasteiger partial charge in [0.15, 0.2) is 0 Å². The van der Waals surface area contributed by atoms with Crippen LogP contribution in [0.25, 0.3) is 0 Å². The molecule has 2 heterocycles. The summed E-state index contributed by atoms with van der Waals surface area (Å²) in [4.78, 5) is 43.9. The Labute approximate surface area is 224 Å². The van der Waals surface area contributed by atoms with Crippen molar-refractivity contribution in [2.75, 3.05) is 46.4 Å². The number of piperazine rings is 1. The SMILES string of the molecule is CCOC(=O)C1=C(CN2CCN(C(=O)c3ccccc3F)CC2)N(C)C(=O)NC1c1ccc(Cl)cc1Cl. The summed E-state index contributed by atoms with van der Waals surface area (Å²) in [7, 11) is 1.58. The Morgan fingerprint density at radius 2 is 1.81 bits per heavy atom. The van der Waals surface area contributed by atoms with Crippen molar-refractivity contribution in [2.24, 2.45) is 0 Å². The number of likely N-dealkylation sites (N-methyl/N-ethyl adjacent to an activating group) is 1. The van der Waals surface area contributed by atoms with Crippen molar-refractivity contribution >= 4 is 41.1 Å². The number of halogens is 3. The summed E-state index contributed by atoms with van der Waals surface area (Å²) in [5.74, 6) is -1.48. The topological polar surface area (TPSA) is 82.2 Å². The largest absolute Gasteiger partial charge is 0.463 e. The van der Waals surface area contributed by atoms with Crippen LogP contribution in [-0.2, 0) is 9.53 Å². The molecule has 2 aliphatic heterocycles. The number of hydrogen-bond acceptors (Lipinski definition) is 5. The van der Waals surface area contributed by atoms with Gasteiger partial charge >= 0.3 is 12.0 Å². The van der Waals surface area contributed by atoms with E-state index in [1.54, 1.807) is 49.2 Å². The third-order valence-electron chi connectivity index (χ3n) is 6.48. The number of ether oxygens (including phenoxy) is 1. The molecule has 0 bridgehead atoms. The van der Waals surface area contributed by atoms with Crippen molar-refractivity contribution in [1.29, 1.82) is 0 Å². The molecule has 1 unspecified atom stereocenters. The van der Waals surface area contributed by atoms with Crippen LogP contribution in [0.2, 0.25) is 10.0 Å². The van der Waals surface area contributed by atoms with Gasteiger partial charge in [-0.15, -0.1) is 0 Å². The molecule has 2 aliphatic rings. The van der Waals surface area contributed by atoms with E-state index >= 15 is 0 Å². The first-order valence-corrected chi connectivity index (χ1v) is 12.6. The maximum Gasteiger partial charge on any atom is 0.338 e. The summed E-state index contributed by atoms with van der Waals surface area (Å²) in [6.45, 7) is 3.82. The molecule has 196 valence electrons. The third kappa shape index (κ3) is 5.74. The summed E-state index contributed by atoms with van der Waals surface area (Å²) in [5, 5.41) is 3.58. The molecule has 0 radical (unpaired) electrons. The van der Waals surface area contributed by atoms with E-state index in [-0.39, 0.29) is 30.2 Å². The first kappa shape index (κ1) is 26.9. The van der Waals surface area contributed by atoms with Gasteiger partial charge in [-0.3, -0.25) is 14.6 Å². The summed E-state index contributed by atoms with van der Waals surface area (Å²) >= 11 is 12.5. The van der Waals surface area contributed by atoms with Crippen molar-refractivity contribution in [2.45, 2.75) is 13.0 Å². The van der Waals surface area contributed by atoms with Gasteiger partial charge < -0.3 is 15.0 Å². The second-order valence-electron chi connectivity index (χ2n) is 8.74. The van der Waals surface area contributed by atoms with Gasteiger partial charge in [0.05, 0.1) is 23.8 Å². The van der Waals surface area contributed by atoms with Crippen molar-refractivity contribution < 1.29 is 23.5 Å². The highest BCUT2D eigenvalue weighted by molar-refractivity contribution is 6.35. The van der Waals surface area contributed by atoms with E-state index in [0.29, 0.717) is 47.5 Å². The smallest absolute Gasteiger partial charge is 0.338 e. The molecule has 1 saturated heterocycles. The Kier molecular flexibility index (Phi) is 8.36. The zero-order valence-corrected chi connectivity index (χ0v) is 22.0. The van der Waals surface area contributed by atoms with Gasteiger partial charge in [0.25, 0.3) is 5.91 Å². The fourth-order valence-electron chi connectivity index (χ4n) is 4.49. The summed E-state index contributed by atoms with van der Waals surface area (Å²) in [6, 6.07) is 9.55. The Morgan fingerprint density at radius 1 is 1.11 bits per heavy atom. The number of rotatable bonds is 6. The number of carbonyl (C=O) groups is 3. The zero-order valence-electron chi connectivity index (χ0n) is 20.5. The maximum absolute atomic E-state index is 14.1. The van der Waals surface area contributed by atoms with Gasteiger partial charge in [-0.2, -0.15) is 0 Å². The minimum Gasteiger partial charge on any atom is -0.463 e. The van der Waals surface area contributed by atoms with Crippen LogP contribution in [0.3, 0.4) is 0 Å². The summed E-state index contributed by atoms with van der Waals surface area (Å²) < 4.78 is 19.5. The number of benzene rings is 2. The molecule has 11 heteroatoms. The van der Waals surface area contributed by atoms with Gasteiger partial charge in [-0.25, -0.2) is 14.0 Å².